The molecule has 0 N–H and O–H groups in total. The second-order valence-corrected chi connectivity index (χ2v) is 17.8. The Labute approximate surface area is 345 Å². The molecular formula is C57H36OS. The molecule has 2 heteroatoms. The van der Waals surface area contributed by atoms with Gasteiger partial charge in [0.25, 0.3) is 0 Å². The first-order valence-corrected chi connectivity index (χ1v) is 21.3. The van der Waals surface area contributed by atoms with Crippen LogP contribution in [0.2, 0.25) is 0 Å². The molecule has 276 valence electrons. The summed E-state index contributed by atoms with van der Waals surface area (Å²) in [4.78, 5) is 0. The van der Waals surface area contributed by atoms with Crippen molar-refractivity contribution < 1.29 is 4.42 Å². The van der Waals surface area contributed by atoms with E-state index in [4.69, 9.17) is 4.42 Å². The number of hydrogen-bond acceptors (Lipinski definition) is 2. The van der Waals surface area contributed by atoms with Crippen molar-refractivity contribution in [3.05, 3.63) is 193 Å². The van der Waals surface area contributed by atoms with Crippen molar-refractivity contribution in [2.45, 2.75) is 19.3 Å². The normalized spacial score (nSPS) is 13.4. The molecule has 2 heterocycles. The number of hydrogen-bond donors (Lipinski definition) is 0. The van der Waals surface area contributed by atoms with Crippen LogP contribution in [0.4, 0.5) is 0 Å². The van der Waals surface area contributed by atoms with Crippen LogP contribution in [0.3, 0.4) is 0 Å². The average Bonchev–Trinajstić information content (AvgIpc) is 3.92. The van der Waals surface area contributed by atoms with Gasteiger partial charge in [-0.15, -0.1) is 11.3 Å². The molecule has 1 nitrogen and oxygen atoms in total. The van der Waals surface area contributed by atoms with Gasteiger partial charge in [0.2, 0.25) is 0 Å². The minimum Gasteiger partial charge on any atom is -0.455 e. The van der Waals surface area contributed by atoms with Crippen LogP contribution in [0.25, 0.3) is 119 Å². The Bertz CT molecular complexity index is 3690. The quantitative estimate of drug-likeness (QED) is 0.163. The van der Waals surface area contributed by atoms with E-state index >= 15 is 0 Å². The van der Waals surface area contributed by atoms with E-state index in [-0.39, 0.29) is 5.41 Å². The Morgan fingerprint density at radius 1 is 0.390 bits per heavy atom. The number of thiophene rings is 1. The summed E-state index contributed by atoms with van der Waals surface area (Å²) in [7, 11) is 0. The van der Waals surface area contributed by atoms with Crippen LogP contribution in [0, 0.1) is 0 Å². The lowest BCUT2D eigenvalue weighted by molar-refractivity contribution is 0.660. The Morgan fingerprint density at radius 3 is 1.68 bits per heavy atom. The molecule has 0 saturated heterocycles. The van der Waals surface area contributed by atoms with Crippen molar-refractivity contribution >= 4 is 85.8 Å². The number of rotatable bonds is 3. The van der Waals surface area contributed by atoms with Crippen LogP contribution in [0.15, 0.2) is 186 Å². The first-order valence-electron chi connectivity index (χ1n) is 20.5. The van der Waals surface area contributed by atoms with E-state index in [0.717, 1.165) is 22.3 Å². The fourth-order valence-electron chi connectivity index (χ4n) is 10.6. The van der Waals surface area contributed by atoms with Gasteiger partial charge in [0.05, 0.1) is 0 Å². The lowest BCUT2D eigenvalue weighted by Crippen LogP contribution is -2.14. The summed E-state index contributed by atoms with van der Waals surface area (Å²) in [6.45, 7) is 4.73. The van der Waals surface area contributed by atoms with Crippen molar-refractivity contribution in [3.63, 3.8) is 0 Å². The maximum atomic E-state index is 6.92. The van der Waals surface area contributed by atoms with Crippen molar-refractivity contribution in [2.75, 3.05) is 0 Å². The van der Waals surface area contributed by atoms with Crippen molar-refractivity contribution in [1.82, 2.24) is 0 Å². The van der Waals surface area contributed by atoms with Gasteiger partial charge >= 0.3 is 0 Å². The molecule has 1 aliphatic rings. The van der Waals surface area contributed by atoms with Crippen molar-refractivity contribution in [1.29, 1.82) is 0 Å². The standard InChI is InChI=1S/C57H36OS/c1-57(2)46-21-11-9-15-38(46)39-28-27-36(32-47(39)57)52-42-18-7-5-16-40(42)51(41-17-6-8-19-43(41)52)33-23-25-34(26-24-33)53-37-14-4-3-13-35(37)31-45-54-48(58-56(45)53)29-30-50-55(54)44-20-10-12-22-49(44)59-50/h3-32H,1-2H3. The topological polar surface area (TPSA) is 13.1 Å². The van der Waals surface area contributed by atoms with Crippen LogP contribution in [0.5, 0.6) is 0 Å². The Balaban J connectivity index is 1.01. The highest BCUT2D eigenvalue weighted by Crippen LogP contribution is 2.52. The zero-order chi connectivity index (χ0) is 39.0. The second kappa shape index (κ2) is 12.0. The van der Waals surface area contributed by atoms with Crippen molar-refractivity contribution in [2.24, 2.45) is 0 Å². The summed E-state index contributed by atoms with van der Waals surface area (Å²) in [5.41, 5.74) is 14.6. The van der Waals surface area contributed by atoms with Gasteiger partial charge in [-0.25, -0.2) is 0 Å². The SMILES string of the molecule is CC1(C)c2ccccc2-c2ccc(-c3c4ccccc4c(-c4ccc(-c5c6ccccc6cc6c5oc5ccc7sc8ccccc8c7c56)cc4)c4ccccc34)cc21. The van der Waals surface area contributed by atoms with Crippen LogP contribution in [-0.4, -0.2) is 0 Å². The maximum Gasteiger partial charge on any atom is 0.143 e. The van der Waals surface area contributed by atoms with Gasteiger partial charge in [0.1, 0.15) is 11.2 Å². The van der Waals surface area contributed by atoms with Gasteiger partial charge in [-0.05, 0) is 113 Å². The fourth-order valence-corrected chi connectivity index (χ4v) is 11.7. The van der Waals surface area contributed by atoms with E-state index in [1.807, 2.05) is 11.3 Å². The molecule has 0 aliphatic heterocycles. The minimum atomic E-state index is -0.0716. The zero-order valence-corrected chi connectivity index (χ0v) is 33.5. The summed E-state index contributed by atoms with van der Waals surface area (Å²) in [5.74, 6) is 0. The Kier molecular flexibility index (Phi) is 6.73. The molecule has 0 spiro atoms. The van der Waals surface area contributed by atoms with E-state index < -0.39 is 0 Å². The number of fused-ring (bicyclic) bond motifs is 13. The van der Waals surface area contributed by atoms with E-state index in [9.17, 15) is 0 Å². The molecule has 0 unspecified atom stereocenters. The molecule has 0 atom stereocenters. The van der Waals surface area contributed by atoms with E-state index in [1.54, 1.807) is 0 Å². The predicted octanol–water partition coefficient (Wildman–Crippen LogP) is 16.7. The van der Waals surface area contributed by atoms with E-state index in [1.165, 1.54) is 108 Å². The summed E-state index contributed by atoms with van der Waals surface area (Å²) < 4.78 is 9.51. The zero-order valence-electron chi connectivity index (χ0n) is 32.6. The molecule has 0 bridgehead atoms. The largest absolute Gasteiger partial charge is 0.455 e. The first-order chi connectivity index (χ1) is 29.0. The molecule has 0 radical (unpaired) electrons. The van der Waals surface area contributed by atoms with Gasteiger partial charge in [0, 0.05) is 41.9 Å². The van der Waals surface area contributed by atoms with Crippen LogP contribution in [0.1, 0.15) is 25.0 Å². The van der Waals surface area contributed by atoms with Crippen molar-refractivity contribution in [3.8, 4) is 44.5 Å². The smallest absolute Gasteiger partial charge is 0.143 e. The van der Waals surface area contributed by atoms with Gasteiger partial charge in [-0.1, -0.05) is 166 Å². The molecule has 0 amide bonds. The average molecular weight is 769 g/mol. The lowest BCUT2D eigenvalue weighted by atomic mass is 9.80. The van der Waals surface area contributed by atoms with Gasteiger partial charge < -0.3 is 4.42 Å². The summed E-state index contributed by atoms with van der Waals surface area (Å²) in [5, 5.41) is 12.4. The molecule has 1 aliphatic carbocycles. The third-order valence-electron chi connectivity index (χ3n) is 13.3. The second-order valence-electron chi connectivity index (χ2n) is 16.7. The van der Waals surface area contributed by atoms with Gasteiger partial charge in [0.15, 0.2) is 0 Å². The minimum absolute atomic E-state index is 0.0716. The molecule has 0 fully saturated rings. The molecule has 13 rings (SSSR count). The fraction of sp³-hybridized carbons (Fsp3) is 0.0526. The molecule has 12 aromatic rings. The molecular weight excluding hydrogens is 733 g/mol. The highest BCUT2D eigenvalue weighted by atomic mass is 32.1. The highest BCUT2D eigenvalue weighted by Gasteiger charge is 2.35. The Morgan fingerprint density at radius 2 is 0.949 bits per heavy atom. The van der Waals surface area contributed by atoms with E-state index in [0.29, 0.717) is 0 Å². The summed E-state index contributed by atoms with van der Waals surface area (Å²) in [6, 6.07) is 67.5. The van der Waals surface area contributed by atoms with Crippen LogP contribution >= 0.6 is 11.3 Å². The molecule has 0 saturated carbocycles. The number of furan rings is 1. The molecule has 2 aromatic heterocycles. The third kappa shape index (κ3) is 4.55. The monoisotopic (exact) mass is 768 g/mol. The van der Waals surface area contributed by atoms with E-state index in [2.05, 4.69) is 196 Å². The van der Waals surface area contributed by atoms with Crippen LogP contribution < -0.4 is 0 Å². The lowest BCUT2D eigenvalue weighted by Gasteiger charge is -2.23. The summed E-state index contributed by atoms with van der Waals surface area (Å²) in [6.07, 6.45) is 0. The predicted molar refractivity (Wildman–Crippen MR) is 253 cm³/mol. The molecule has 10 aromatic carbocycles. The number of benzene rings is 10. The maximum absolute atomic E-state index is 6.92. The first kappa shape index (κ1) is 33.0. The van der Waals surface area contributed by atoms with Gasteiger partial charge in [-0.3, -0.25) is 0 Å². The molecule has 59 heavy (non-hydrogen) atoms. The third-order valence-corrected chi connectivity index (χ3v) is 14.4. The van der Waals surface area contributed by atoms with Crippen LogP contribution in [-0.2, 0) is 5.41 Å². The Hall–Kier alpha value is -7.00. The highest BCUT2D eigenvalue weighted by molar-refractivity contribution is 7.26. The van der Waals surface area contributed by atoms with Gasteiger partial charge in [-0.2, -0.15) is 0 Å². The summed E-state index contributed by atoms with van der Waals surface area (Å²) >= 11 is 1.85.